The fraction of sp³-hybridized carbons (Fsp3) is 0.417. The van der Waals surface area contributed by atoms with E-state index < -0.39 is 38.9 Å². The Morgan fingerprint density at radius 2 is 2.10 bits per heavy atom. The van der Waals surface area contributed by atoms with Gasteiger partial charge in [-0.25, -0.2) is 12.8 Å². The molecular formula is C12H14FNO5S. The predicted octanol–water partition coefficient (Wildman–Crippen LogP) is 0.343. The van der Waals surface area contributed by atoms with Gasteiger partial charge in [0.1, 0.15) is 16.8 Å². The van der Waals surface area contributed by atoms with Crippen LogP contribution < -0.4 is 0 Å². The molecule has 2 N–H and O–H groups in total. The quantitative estimate of drug-likeness (QED) is 0.840. The molecule has 0 aliphatic carbocycles. The van der Waals surface area contributed by atoms with Gasteiger partial charge in [-0.05, 0) is 24.6 Å². The minimum absolute atomic E-state index is 0.206. The Hall–Kier alpha value is -1.51. The zero-order valence-electron chi connectivity index (χ0n) is 10.7. The van der Waals surface area contributed by atoms with Crippen molar-refractivity contribution in [1.82, 2.24) is 4.31 Å². The summed E-state index contributed by atoms with van der Waals surface area (Å²) in [6.45, 7) is 1.25. The van der Waals surface area contributed by atoms with Crippen molar-refractivity contribution in [3.8, 4) is 0 Å². The van der Waals surface area contributed by atoms with Gasteiger partial charge in [0, 0.05) is 13.0 Å². The third kappa shape index (κ3) is 2.54. The van der Waals surface area contributed by atoms with Gasteiger partial charge in [-0.1, -0.05) is 6.07 Å². The van der Waals surface area contributed by atoms with E-state index in [1.807, 2.05) is 0 Å². The lowest BCUT2D eigenvalue weighted by molar-refractivity contribution is -0.140. The van der Waals surface area contributed by atoms with Crippen LogP contribution in [0.2, 0.25) is 0 Å². The number of sulfonamides is 1. The Morgan fingerprint density at radius 1 is 1.45 bits per heavy atom. The molecule has 0 radical (unpaired) electrons. The van der Waals surface area contributed by atoms with Crippen LogP contribution in [0.1, 0.15) is 12.0 Å². The van der Waals surface area contributed by atoms with Crippen molar-refractivity contribution >= 4 is 16.0 Å². The molecule has 1 heterocycles. The van der Waals surface area contributed by atoms with Crippen molar-refractivity contribution in [2.45, 2.75) is 30.4 Å². The van der Waals surface area contributed by atoms with Crippen LogP contribution in [-0.4, -0.2) is 47.6 Å². The molecule has 2 rings (SSSR count). The number of carboxylic acids is 1. The average molecular weight is 303 g/mol. The summed E-state index contributed by atoms with van der Waals surface area (Å²) < 4.78 is 39.1. The summed E-state index contributed by atoms with van der Waals surface area (Å²) >= 11 is 0. The van der Waals surface area contributed by atoms with Crippen LogP contribution in [0.3, 0.4) is 0 Å². The van der Waals surface area contributed by atoms with Gasteiger partial charge >= 0.3 is 5.97 Å². The van der Waals surface area contributed by atoms with Crippen LogP contribution in [-0.2, 0) is 14.8 Å². The molecule has 0 aromatic heterocycles. The molecule has 20 heavy (non-hydrogen) atoms. The lowest BCUT2D eigenvalue weighted by atomic mass is 10.2. The molecule has 0 amide bonds. The first-order valence-corrected chi connectivity index (χ1v) is 7.36. The number of benzene rings is 1. The molecule has 1 aromatic carbocycles. The Bertz CT molecular complexity index is 645. The van der Waals surface area contributed by atoms with E-state index in [2.05, 4.69) is 0 Å². The van der Waals surface area contributed by atoms with E-state index in [4.69, 9.17) is 5.11 Å². The summed E-state index contributed by atoms with van der Waals surface area (Å²) in [5, 5.41) is 18.5. The monoisotopic (exact) mass is 303 g/mol. The molecule has 2 atom stereocenters. The van der Waals surface area contributed by atoms with Gasteiger partial charge < -0.3 is 10.2 Å². The molecule has 1 aromatic rings. The number of aliphatic hydroxyl groups is 1. The normalized spacial score (nSPS) is 23.9. The maximum absolute atomic E-state index is 13.7. The standard InChI is InChI=1S/C12H14FNO5S/c1-7-2-3-9(13)11(4-7)20(18,19)14-6-8(15)5-10(14)12(16)17/h2-4,8,10,15H,5-6H2,1H3,(H,16,17)/t8-,10+/m1/s1. The van der Waals surface area contributed by atoms with Gasteiger partial charge in [0.2, 0.25) is 10.0 Å². The first kappa shape index (κ1) is 14.9. The van der Waals surface area contributed by atoms with Crippen LogP contribution in [0.25, 0.3) is 0 Å². The van der Waals surface area contributed by atoms with Crippen molar-refractivity contribution < 1.29 is 27.8 Å². The maximum Gasteiger partial charge on any atom is 0.322 e. The molecule has 0 saturated carbocycles. The second-order valence-corrected chi connectivity index (χ2v) is 6.61. The van der Waals surface area contributed by atoms with E-state index in [9.17, 15) is 22.7 Å². The minimum Gasteiger partial charge on any atom is -0.480 e. The summed E-state index contributed by atoms with van der Waals surface area (Å²) in [4.78, 5) is 10.5. The number of halogens is 1. The maximum atomic E-state index is 13.7. The number of aliphatic hydroxyl groups excluding tert-OH is 1. The van der Waals surface area contributed by atoms with Crippen LogP contribution in [0.15, 0.2) is 23.1 Å². The highest BCUT2D eigenvalue weighted by molar-refractivity contribution is 7.89. The van der Waals surface area contributed by atoms with Gasteiger partial charge in [-0.3, -0.25) is 4.79 Å². The summed E-state index contributed by atoms with van der Waals surface area (Å²) in [6, 6.07) is 2.20. The number of hydrogen-bond donors (Lipinski definition) is 2. The van der Waals surface area contributed by atoms with E-state index in [0.717, 1.165) is 12.1 Å². The second-order valence-electron chi connectivity index (χ2n) is 4.75. The van der Waals surface area contributed by atoms with Crippen LogP contribution in [0.5, 0.6) is 0 Å². The molecular weight excluding hydrogens is 289 g/mol. The minimum atomic E-state index is -4.30. The lowest BCUT2D eigenvalue weighted by Gasteiger charge is -2.21. The number of nitrogens with zero attached hydrogens (tertiary/aromatic N) is 1. The molecule has 1 aliphatic rings. The molecule has 1 saturated heterocycles. The lowest BCUT2D eigenvalue weighted by Crippen LogP contribution is -2.40. The summed E-state index contributed by atoms with van der Waals surface area (Å²) in [5.41, 5.74) is 0.539. The number of rotatable bonds is 3. The molecule has 0 bridgehead atoms. The Morgan fingerprint density at radius 3 is 2.70 bits per heavy atom. The highest BCUT2D eigenvalue weighted by Crippen LogP contribution is 2.28. The summed E-state index contributed by atoms with van der Waals surface area (Å²) in [7, 11) is -4.30. The fourth-order valence-electron chi connectivity index (χ4n) is 2.21. The number of carbonyl (C=O) groups is 1. The smallest absolute Gasteiger partial charge is 0.322 e. The highest BCUT2D eigenvalue weighted by atomic mass is 32.2. The largest absolute Gasteiger partial charge is 0.480 e. The van der Waals surface area contributed by atoms with Gasteiger partial charge in [-0.15, -0.1) is 0 Å². The van der Waals surface area contributed by atoms with Gasteiger partial charge in [-0.2, -0.15) is 4.31 Å². The molecule has 8 heteroatoms. The highest BCUT2D eigenvalue weighted by Gasteiger charge is 2.44. The predicted molar refractivity (Wildman–Crippen MR) is 67.1 cm³/mol. The number of β-amino-alcohol motifs (C(OH)–C–C–N with tert-alkyl or cyclic N) is 1. The van der Waals surface area contributed by atoms with Crippen molar-refractivity contribution in [3.63, 3.8) is 0 Å². The Balaban J connectivity index is 2.49. The summed E-state index contributed by atoms with van der Waals surface area (Å²) in [6.07, 6.45) is -1.28. The zero-order chi connectivity index (χ0) is 15.1. The van der Waals surface area contributed by atoms with Gasteiger partial charge in [0.25, 0.3) is 0 Å². The second kappa shape index (κ2) is 5.12. The zero-order valence-corrected chi connectivity index (χ0v) is 11.5. The van der Waals surface area contributed by atoms with Crippen molar-refractivity contribution in [3.05, 3.63) is 29.6 Å². The first-order valence-electron chi connectivity index (χ1n) is 5.92. The van der Waals surface area contributed by atoms with Crippen molar-refractivity contribution in [2.75, 3.05) is 6.54 Å². The molecule has 110 valence electrons. The van der Waals surface area contributed by atoms with Crippen LogP contribution in [0, 0.1) is 12.7 Å². The van der Waals surface area contributed by atoms with Crippen LogP contribution in [0.4, 0.5) is 4.39 Å². The Kier molecular flexibility index (Phi) is 3.81. The topological polar surface area (TPSA) is 94.9 Å². The molecule has 1 fully saturated rings. The molecule has 0 unspecified atom stereocenters. The molecule has 6 nitrogen and oxygen atoms in total. The first-order chi connectivity index (χ1) is 9.23. The number of aryl methyl sites for hydroxylation is 1. The Labute approximate surface area is 115 Å². The third-order valence-corrected chi connectivity index (χ3v) is 5.08. The summed E-state index contributed by atoms with van der Waals surface area (Å²) in [5.74, 6) is -2.31. The van der Waals surface area contributed by atoms with E-state index in [-0.39, 0.29) is 13.0 Å². The van der Waals surface area contributed by atoms with Crippen molar-refractivity contribution in [2.24, 2.45) is 0 Å². The van der Waals surface area contributed by atoms with Crippen LogP contribution >= 0.6 is 0 Å². The molecule has 0 spiro atoms. The fourth-order valence-corrected chi connectivity index (χ4v) is 3.99. The SMILES string of the molecule is Cc1ccc(F)c(S(=O)(=O)N2C[C@H](O)C[C@H]2C(=O)O)c1. The van der Waals surface area contributed by atoms with E-state index in [1.165, 1.54) is 6.07 Å². The van der Waals surface area contributed by atoms with Gasteiger partial charge in [0.15, 0.2) is 0 Å². The average Bonchev–Trinajstić information content (AvgIpc) is 2.75. The number of hydrogen-bond acceptors (Lipinski definition) is 4. The number of aliphatic carboxylic acids is 1. The molecule has 1 aliphatic heterocycles. The number of carboxylic acid groups (broad SMARTS) is 1. The third-order valence-electron chi connectivity index (χ3n) is 3.19. The van der Waals surface area contributed by atoms with E-state index >= 15 is 0 Å². The van der Waals surface area contributed by atoms with Crippen molar-refractivity contribution in [1.29, 1.82) is 0 Å². The van der Waals surface area contributed by atoms with E-state index in [1.54, 1.807) is 6.92 Å². The van der Waals surface area contributed by atoms with E-state index in [0.29, 0.717) is 9.87 Å². The van der Waals surface area contributed by atoms with Gasteiger partial charge in [0.05, 0.1) is 6.10 Å².